The van der Waals surface area contributed by atoms with Crippen molar-refractivity contribution in [1.82, 2.24) is 0 Å². The van der Waals surface area contributed by atoms with Crippen molar-refractivity contribution in [3.8, 4) is 0 Å². The maximum atomic E-state index is 11.6. The minimum absolute atomic E-state index is 0.00429. The Morgan fingerprint density at radius 3 is 2.67 bits per heavy atom. The topological polar surface area (TPSA) is 54.4 Å². The number of carbonyl (C=O) groups excluding carboxylic acids is 1. The Hall–Kier alpha value is -1.35. The quantitative estimate of drug-likeness (QED) is 0.803. The average Bonchev–Trinajstić information content (AvgIpc) is 2.17. The monoisotopic (exact) mass is 226 g/mol. The Bertz CT molecular complexity index is 387. The summed E-state index contributed by atoms with van der Waals surface area (Å²) >= 11 is 5.72. The number of Topliss-reactive ketones (excluding diaryl/α,β-unsaturated/α-hetero) is 1. The predicted octanol–water partition coefficient (Wildman–Crippen LogP) is 2.63. The van der Waals surface area contributed by atoms with E-state index in [9.17, 15) is 9.59 Å². The van der Waals surface area contributed by atoms with Gasteiger partial charge in [0.1, 0.15) is 0 Å². The molecule has 0 aliphatic carbocycles. The summed E-state index contributed by atoms with van der Waals surface area (Å²) in [5.74, 6) is -1.84. The highest BCUT2D eigenvalue weighted by Crippen LogP contribution is 2.14. The lowest BCUT2D eigenvalue weighted by molar-refractivity contribution is -0.141. The second kappa shape index (κ2) is 4.94. The summed E-state index contributed by atoms with van der Waals surface area (Å²) in [6.07, 6.45) is -0.00429. The van der Waals surface area contributed by atoms with Crippen LogP contribution >= 0.6 is 11.6 Å². The summed E-state index contributed by atoms with van der Waals surface area (Å²) in [5.41, 5.74) is 0.454. The van der Waals surface area contributed by atoms with Crippen LogP contribution in [0.1, 0.15) is 23.7 Å². The van der Waals surface area contributed by atoms with Crippen LogP contribution in [0.25, 0.3) is 0 Å². The summed E-state index contributed by atoms with van der Waals surface area (Å²) in [7, 11) is 0. The third kappa shape index (κ3) is 3.36. The van der Waals surface area contributed by atoms with E-state index >= 15 is 0 Å². The Balaban J connectivity index is 2.73. The number of benzene rings is 1. The van der Waals surface area contributed by atoms with Crippen molar-refractivity contribution >= 4 is 23.4 Å². The summed E-state index contributed by atoms with van der Waals surface area (Å²) in [6, 6.07) is 6.50. The van der Waals surface area contributed by atoms with Crippen LogP contribution < -0.4 is 0 Å². The van der Waals surface area contributed by atoms with Gasteiger partial charge in [-0.1, -0.05) is 30.7 Å². The van der Waals surface area contributed by atoms with Gasteiger partial charge >= 0.3 is 5.97 Å². The minimum Gasteiger partial charge on any atom is -0.481 e. The highest BCUT2D eigenvalue weighted by molar-refractivity contribution is 6.31. The fourth-order valence-electron chi connectivity index (χ4n) is 1.15. The molecule has 1 aromatic rings. The Labute approximate surface area is 92.7 Å². The molecule has 3 nitrogen and oxygen atoms in total. The van der Waals surface area contributed by atoms with Crippen LogP contribution in [0.2, 0.25) is 5.02 Å². The van der Waals surface area contributed by atoms with Crippen LogP contribution in [0.4, 0.5) is 0 Å². The first kappa shape index (κ1) is 11.7. The fourth-order valence-corrected chi connectivity index (χ4v) is 1.34. The molecule has 0 unspecified atom stereocenters. The van der Waals surface area contributed by atoms with Crippen molar-refractivity contribution in [2.24, 2.45) is 5.92 Å². The molecule has 0 fully saturated rings. The molecule has 0 bridgehead atoms. The number of rotatable bonds is 4. The number of hydrogen-bond acceptors (Lipinski definition) is 2. The van der Waals surface area contributed by atoms with E-state index < -0.39 is 11.9 Å². The van der Waals surface area contributed by atoms with E-state index in [1.54, 1.807) is 24.3 Å². The Kier molecular flexibility index (Phi) is 3.86. The molecule has 0 saturated heterocycles. The largest absolute Gasteiger partial charge is 0.481 e. The molecule has 0 radical (unpaired) electrons. The molecular weight excluding hydrogens is 216 g/mol. The van der Waals surface area contributed by atoms with Gasteiger partial charge in [0.15, 0.2) is 5.78 Å². The lowest BCUT2D eigenvalue weighted by Crippen LogP contribution is -2.14. The molecule has 0 aliphatic rings. The highest BCUT2D eigenvalue weighted by Gasteiger charge is 2.16. The van der Waals surface area contributed by atoms with Crippen molar-refractivity contribution in [2.45, 2.75) is 13.3 Å². The van der Waals surface area contributed by atoms with Gasteiger partial charge < -0.3 is 5.11 Å². The number of aliphatic carboxylic acids is 1. The van der Waals surface area contributed by atoms with Gasteiger partial charge in [0, 0.05) is 17.0 Å². The third-order valence-electron chi connectivity index (χ3n) is 2.06. The second-order valence-electron chi connectivity index (χ2n) is 3.38. The van der Waals surface area contributed by atoms with Gasteiger partial charge in [-0.05, 0) is 12.1 Å². The lowest BCUT2D eigenvalue weighted by atomic mass is 10.00. The molecule has 1 aromatic carbocycles. The molecule has 0 aliphatic heterocycles. The standard InChI is InChI=1S/C11H11ClO3/c1-7(11(14)15)5-10(13)8-3-2-4-9(12)6-8/h2-4,6-7H,5H2,1H3,(H,14,15)/t7-/m0/s1. The van der Waals surface area contributed by atoms with Crippen molar-refractivity contribution in [2.75, 3.05) is 0 Å². The molecular formula is C11H11ClO3. The molecule has 0 spiro atoms. The number of carboxylic acids is 1. The molecule has 1 rings (SSSR count). The molecule has 80 valence electrons. The smallest absolute Gasteiger partial charge is 0.306 e. The van der Waals surface area contributed by atoms with Gasteiger partial charge in [0.05, 0.1) is 5.92 Å². The van der Waals surface area contributed by atoms with Crippen molar-refractivity contribution in [3.63, 3.8) is 0 Å². The van der Waals surface area contributed by atoms with Crippen LogP contribution in [-0.2, 0) is 4.79 Å². The molecule has 1 N–H and O–H groups in total. The van der Waals surface area contributed by atoms with Gasteiger partial charge in [-0.25, -0.2) is 0 Å². The first-order chi connectivity index (χ1) is 7.00. The van der Waals surface area contributed by atoms with Crippen molar-refractivity contribution in [1.29, 1.82) is 0 Å². The predicted molar refractivity (Wildman–Crippen MR) is 57.2 cm³/mol. The second-order valence-corrected chi connectivity index (χ2v) is 3.81. The Morgan fingerprint density at radius 2 is 2.13 bits per heavy atom. The SMILES string of the molecule is C[C@@H](CC(=O)c1cccc(Cl)c1)C(=O)O. The van der Waals surface area contributed by atoms with Gasteiger partial charge in [0.2, 0.25) is 0 Å². The van der Waals surface area contributed by atoms with E-state index in [-0.39, 0.29) is 12.2 Å². The molecule has 0 amide bonds. The molecule has 1 atom stereocenters. The van der Waals surface area contributed by atoms with Gasteiger partial charge in [-0.15, -0.1) is 0 Å². The summed E-state index contributed by atoms with van der Waals surface area (Å²) in [4.78, 5) is 22.1. The van der Waals surface area contributed by atoms with Gasteiger partial charge in [0.25, 0.3) is 0 Å². The van der Waals surface area contributed by atoms with Gasteiger partial charge in [-0.2, -0.15) is 0 Å². The fraction of sp³-hybridized carbons (Fsp3) is 0.273. The van der Waals surface area contributed by atoms with E-state index in [1.807, 2.05) is 0 Å². The van der Waals surface area contributed by atoms with Crippen LogP contribution in [0.5, 0.6) is 0 Å². The average molecular weight is 227 g/mol. The molecule has 4 heteroatoms. The Morgan fingerprint density at radius 1 is 1.47 bits per heavy atom. The number of hydrogen-bond donors (Lipinski definition) is 1. The van der Waals surface area contributed by atoms with Crippen LogP contribution in [0.15, 0.2) is 24.3 Å². The minimum atomic E-state index is -0.967. The maximum Gasteiger partial charge on any atom is 0.306 e. The zero-order valence-electron chi connectivity index (χ0n) is 8.24. The first-order valence-corrected chi connectivity index (χ1v) is 4.90. The first-order valence-electron chi connectivity index (χ1n) is 4.52. The molecule has 0 aromatic heterocycles. The zero-order chi connectivity index (χ0) is 11.4. The normalized spacial score (nSPS) is 12.1. The van der Waals surface area contributed by atoms with Crippen LogP contribution in [0.3, 0.4) is 0 Å². The number of carbonyl (C=O) groups is 2. The van der Waals surface area contributed by atoms with E-state index in [0.29, 0.717) is 10.6 Å². The van der Waals surface area contributed by atoms with Crippen molar-refractivity contribution < 1.29 is 14.7 Å². The van der Waals surface area contributed by atoms with E-state index in [1.165, 1.54) is 6.92 Å². The summed E-state index contributed by atoms with van der Waals surface area (Å²) in [6.45, 7) is 1.50. The number of carboxylic acid groups (broad SMARTS) is 1. The third-order valence-corrected chi connectivity index (χ3v) is 2.29. The molecule has 15 heavy (non-hydrogen) atoms. The maximum absolute atomic E-state index is 11.6. The van der Waals surface area contributed by atoms with Crippen molar-refractivity contribution in [3.05, 3.63) is 34.9 Å². The van der Waals surface area contributed by atoms with E-state index in [2.05, 4.69) is 0 Å². The highest BCUT2D eigenvalue weighted by atomic mass is 35.5. The summed E-state index contributed by atoms with van der Waals surface area (Å²) < 4.78 is 0. The zero-order valence-corrected chi connectivity index (χ0v) is 8.99. The molecule has 0 heterocycles. The number of ketones is 1. The summed E-state index contributed by atoms with van der Waals surface area (Å²) in [5, 5.41) is 9.13. The lowest BCUT2D eigenvalue weighted by Gasteiger charge is -2.05. The molecule has 0 saturated carbocycles. The van der Waals surface area contributed by atoms with Crippen LogP contribution in [-0.4, -0.2) is 16.9 Å². The van der Waals surface area contributed by atoms with Gasteiger partial charge in [-0.3, -0.25) is 9.59 Å². The van der Waals surface area contributed by atoms with E-state index in [0.717, 1.165) is 0 Å². The number of halogens is 1. The van der Waals surface area contributed by atoms with Crippen LogP contribution in [0, 0.1) is 5.92 Å². The van der Waals surface area contributed by atoms with E-state index in [4.69, 9.17) is 16.7 Å².